The lowest BCUT2D eigenvalue weighted by molar-refractivity contribution is 0.0630. The fourth-order valence-electron chi connectivity index (χ4n) is 2.85. The van der Waals surface area contributed by atoms with Gasteiger partial charge in [0.1, 0.15) is 6.33 Å². The lowest BCUT2D eigenvalue weighted by Crippen LogP contribution is -2.52. The van der Waals surface area contributed by atoms with E-state index in [4.69, 9.17) is 0 Å². The number of amides is 1. The Morgan fingerprint density at radius 1 is 1.33 bits per heavy atom. The summed E-state index contributed by atoms with van der Waals surface area (Å²) in [5.74, 6) is 0.152. The van der Waals surface area contributed by atoms with Crippen LogP contribution in [0.5, 0.6) is 0 Å². The first-order valence-corrected chi connectivity index (χ1v) is 8.61. The highest BCUT2D eigenvalue weighted by molar-refractivity contribution is 5.93. The molecule has 7 nitrogen and oxygen atoms in total. The largest absolute Gasteiger partial charge is 0.393 e. The molecule has 1 heterocycles. The van der Waals surface area contributed by atoms with Gasteiger partial charge in [0.05, 0.1) is 11.7 Å². The molecule has 3 atom stereocenters. The maximum atomic E-state index is 12.0. The number of rotatable bonds is 7. The van der Waals surface area contributed by atoms with E-state index in [0.29, 0.717) is 17.5 Å². The molecule has 4 N–H and O–H groups in total. The van der Waals surface area contributed by atoms with Crippen LogP contribution < -0.4 is 16.2 Å². The molecule has 0 aromatic carbocycles. The third-order valence-corrected chi connectivity index (χ3v) is 4.67. The van der Waals surface area contributed by atoms with Gasteiger partial charge in [0, 0.05) is 24.0 Å². The minimum Gasteiger partial charge on any atom is -0.393 e. The van der Waals surface area contributed by atoms with Crippen molar-refractivity contribution in [2.45, 2.75) is 64.1 Å². The predicted octanol–water partition coefficient (Wildman–Crippen LogP) is 1.02. The molecule has 0 unspecified atom stereocenters. The van der Waals surface area contributed by atoms with Gasteiger partial charge < -0.3 is 10.4 Å². The van der Waals surface area contributed by atoms with Crippen molar-refractivity contribution >= 4 is 5.91 Å². The Morgan fingerprint density at radius 2 is 2.04 bits per heavy atom. The number of hydrazine groups is 1. The van der Waals surface area contributed by atoms with Crippen LogP contribution in [0.25, 0.3) is 0 Å². The van der Waals surface area contributed by atoms with E-state index < -0.39 is 0 Å². The first kappa shape index (κ1) is 18.8. The number of aliphatic hydroxyl groups excluding tert-OH is 1. The maximum absolute atomic E-state index is 12.0. The first-order valence-electron chi connectivity index (χ1n) is 8.61. The van der Waals surface area contributed by atoms with Gasteiger partial charge in [0.2, 0.25) is 0 Å². The van der Waals surface area contributed by atoms with Crippen LogP contribution in [0.3, 0.4) is 0 Å². The molecule has 2 rings (SSSR count). The van der Waals surface area contributed by atoms with E-state index in [0.717, 1.165) is 32.2 Å². The average Bonchev–Trinajstić information content (AvgIpc) is 2.57. The normalized spacial score (nSPS) is 24.6. The van der Waals surface area contributed by atoms with Crippen LogP contribution in [0.15, 0.2) is 18.7 Å². The summed E-state index contributed by atoms with van der Waals surface area (Å²) < 4.78 is 0. The minimum atomic E-state index is -0.251. The van der Waals surface area contributed by atoms with Gasteiger partial charge in [-0.1, -0.05) is 6.92 Å². The summed E-state index contributed by atoms with van der Waals surface area (Å²) in [7, 11) is 0. The lowest BCUT2D eigenvalue weighted by atomic mass is 9.84. The maximum Gasteiger partial charge on any atom is 0.268 e. The molecule has 1 aliphatic carbocycles. The molecule has 0 radical (unpaired) electrons. The molecule has 0 saturated heterocycles. The topological polar surface area (TPSA) is 99.2 Å². The van der Waals surface area contributed by atoms with Crippen molar-refractivity contribution < 1.29 is 9.90 Å². The molecular weight excluding hydrogens is 306 g/mol. The molecule has 1 saturated carbocycles. The zero-order chi connectivity index (χ0) is 17.6. The molecule has 0 aliphatic heterocycles. The second-order valence-electron chi connectivity index (χ2n) is 7.35. The summed E-state index contributed by atoms with van der Waals surface area (Å²) >= 11 is 0. The van der Waals surface area contributed by atoms with E-state index >= 15 is 0 Å². The molecular formula is C17H29N5O2. The van der Waals surface area contributed by atoms with E-state index in [9.17, 15) is 9.90 Å². The van der Waals surface area contributed by atoms with Crippen molar-refractivity contribution in [2.24, 2.45) is 5.92 Å². The quantitative estimate of drug-likeness (QED) is 0.555. The Bertz CT molecular complexity index is 523. The summed E-state index contributed by atoms with van der Waals surface area (Å²) in [6.07, 6.45) is 7.99. The monoisotopic (exact) mass is 335 g/mol. The van der Waals surface area contributed by atoms with E-state index in [1.807, 2.05) is 13.8 Å². The fraction of sp³-hybridized carbons (Fsp3) is 0.706. The number of nitrogens with zero attached hydrogens (tertiary/aromatic N) is 2. The van der Waals surface area contributed by atoms with Gasteiger partial charge in [-0.15, -0.1) is 0 Å². The van der Waals surface area contributed by atoms with Crippen molar-refractivity contribution in [1.82, 2.24) is 26.1 Å². The van der Waals surface area contributed by atoms with Gasteiger partial charge in [-0.2, -0.15) is 0 Å². The first-order chi connectivity index (χ1) is 11.4. The molecule has 24 heavy (non-hydrogen) atoms. The van der Waals surface area contributed by atoms with Crippen molar-refractivity contribution in [3.05, 3.63) is 24.3 Å². The molecule has 7 heteroatoms. The third kappa shape index (κ3) is 5.81. The van der Waals surface area contributed by atoms with Gasteiger partial charge >= 0.3 is 0 Å². The molecule has 134 valence electrons. The summed E-state index contributed by atoms with van der Waals surface area (Å²) in [6.45, 7) is 7.01. The summed E-state index contributed by atoms with van der Waals surface area (Å²) in [5.41, 5.74) is 5.94. The number of hydrogen-bond acceptors (Lipinski definition) is 6. The molecule has 1 aromatic rings. The van der Waals surface area contributed by atoms with Crippen LogP contribution in [-0.2, 0) is 0 Å². The van der Waals surface area contributed by atoms with Gasteiger partial charge in [0.25, 0.3) is 5.91 Å². The Balaban J connectivity index is 1.69. The molecule has 1 aliphatic rings. The number of aliphatic hydroxyl groups is 1. The van der Waals surface area contributed by atoms with Gasteiger partial charge in [-0.25, -0.2) is 15.4 Å². The van der Waals surface area contributed by atoms with Crippen LogP contribution in [0, 0.1) is 5.92 Å². The van der Waals surface area contributed by atoms with E-state index in [1.54, 1.807) is 0 Å². The van der Waals surface area contributed by atoms with Crippen molar-refractivity contribution in [2.75, 3.05) is 6.54 Å². The Labute approximate surface area is 143 Å². The number of nitrogens with one attached hydrogen (secondary N) is 3. The molecule has 0 bridgehead atoms. The third-order valence-electron chi connectivity index (χ3n) is 4.67. The zero-order valence-corrected chi connectivity index (χ0v) is 14.7. The second-order valence-corrected chi connectivity index (χ2v) is 7.35. The van der Waals surface area contributed by atoms with Crippen LogP contribution >= 0.6 is 0 Å². The fourth-order valence-corrected chi connectivity index (χ4v) is 2.85. The molecule has 0 spiro atoms. The van der Waals surface area contributed by atoms with Crippen LogP contribution in [0.1, 0.15) is 56.8 Å². The SMILES string of the molecule is C[C@@H]1CC[C@@H](NCCC(C)(C)NNC(=O)c2cncnc2)C[C@H]1O. The zero-order valence-electron chi connectivity index (χ0n) is 14.7. The van der Waals surface area contributed by atoms with Gasteiger partial charge in [-0.3, -0.25) is 10.2 Å². The number of carbonyl (C=O) groups excluding carboxylic acids is 1. The van der Waals surface area contributed by atoms with Crippen molar-refractivity contribution in [3.63, 3.8) is 0 Å². The van der Waals surface area contributed by atoms with Crippen LogP contribution in [0.4, 0.5) is 0 Å². The summed E-state index contributed by atoms with van der Waals surface area (Å²) in [4.78, 5) is 19.6. The highest BCUT2D eigenvalue weighted by Gasteiger charge is 2.26. The summed E-state index contributed by atoms with van der Waals surface area (Å²) in [5, 5.41) is 13.5. The minimum absolute atomic E-state index is 0.199. The van der Waals surface area contributed by atoms with E-state index in [1.165, 1.54) is 18.7 Å². The highest BCUT2D eigenvalue weighted by atomic mass is 16.3. The Hall–Kier alpha value is -1.57. The van der Waals surface area contributed by atoms with Gasteiger partial charge in [0.15, 0.2) is 0 Å². The second kappa shape index (κ2) is 8.50. The van der Waals surface area contributed by atoms with Crippen molar-refractivity contribution in [3.8, 4) is 0 Å². The smallest absolute Gasteiger partial charge is 0.268 e. The Kier molecular flexibility index (Phi) is 6.65. The number of carbonyl (C=O) groups is 1. The number of aromatic nitrogens is 2. The predicted molar refractivity (Wildman–Crippen MR) is 92.1 cm³/mol. The summed E-state index contributed by atoms with van der Waals surface area (Å²) in [6, 6.07) is 0.378. The molecule has 1 fully saturated rings. The average molecular weight is 335 g/mol. The van der Waals surface area contributed by atoms with Crippen LogP contribution in [-0.4, -0.2) is 45.2 Å². The standard InChI is InChI=1S/C17H29N5O2/c1-12-4-5-14(8-15(12)23)20-7-6-17(2,3)22-21-16(24)13-9-18-11-19-10-13/h9-12,14-15,20,22-23H,4-8H2,1-3H3,(H,21,24)/t12-,14-,15-/m1/s1. The molecule has 1 amide bonds. The van der Waals surface area contributed by atoms with Gasteiger partial charge in [-0.05, 0) is 52.0 Å². The van der Waals surface area contributed by atoms with E-state index in [2.05, 4.69) is 33.1 Å². The number of hydrogen-bond donors (Lipinski definition) is 4. The van der Waals surface area contributed by atoms with E-state index in [-0.39, 0.29) is 17.6 Å². The van der Waals surface area contributed by atoms with Crippen molar-refractivity contribution in [1.29, 1.82) is 0 Å². The highest BCUT2D eigenvalue weighted by Crippen LogP contribution is 2.24. The lowest BCUT2D eigenvalue weighted by Gasteiger charge is -2.33. The van der Waals surface area contributed by atoms with Crippen LogP contribution in [0.2, 0.25) is 0 Å². The Morgan fingerprint density at radius 3 is 2.71 bits per heavy atom. The molecule has 1 aromatic heterocycles.